The third kappa shape index (κ3) is 4.42. The number of anilines is 2. The second-order valence-electron chi connectivity index (χ2n) is 9.11. The highest BCUT2D eigenvalue weighted by Crippen LogP contribution is 2.42. The van der Waals surface area contributed by atoms with Gasteiger partial charge in [-0.1, -0.05) is 54.6 Å². The Morgan fingerprint density at radius 3 is 2.14 bits per heavy atom. The third-order valence-corrected chi connectivity index (χ3v) is 7.83. The monoisotopic (exact) mass is 593 g/mol. The zero-order valence-electron chi connectivity index (χ0n) is 20.7. The summed E-state index contributed by atoms with van der Waals surface area (Å²) in [6, 6.07) is 42.4. The average molecular weight is 593 g/mol. The van der Waals surface area contributed by atoms with Crippen LogP contribution in [0, 0.1) is 3.57 Å². The van der Waals surface area contributed by atoms with Crippen LogP contribution in [0.2, 0.25) is 0 Å². The van der Waals surface area contributed by atoms with Gasteiger partial charge in [-0.25, -0.2) is 0 Å². The molecule has 1 heterocycles. The second kappa shape index (κ2) is 9.87. The van der Waals surface area contributed by atoms with Crippen LogP contribution in [0.25, 0.3) is 33.4 Å². The van der Waals surface area contributed by atoms with E-state index in [1.165, 1.54) is 14.7 Å². The Morgan fingerprint density at radius 1 is 0.676 bits per heavy atom. The van der Waals surface area contributed by atoms with Crippen LogP contribution in [0.15, 0.2) is 126 Å². The van der Waals surface area contributed by atoms with Crippen LogP contribution in [0.4, 0.5) is 17.1 Å². The lowest BCUT2D eigenvalue weighted by atomic mass is 9.93. The van der Waals surface area contributed by atoms with Gasteiger partial charge in [-0.3, -0.25) is 0 Å². The van der Waals surface area contributed by atoms with E-state index in [0.29, 0.717) is 0 Å². The minimum atomic E-state index is 0.863. The molecule has 0 amide bonds. The maximum Gasteiger partial charge on any atom is 0.209 e. The highest BCUT2D eigenvalue weighted by molar-refractivity contribution is 14.1. The molecule has 6 rings (SSSR count). The molecule has 0 N–H and O–H groups in total. The minimum absolute atomic E-state index is 0.863. The highest BCUT2D eigenvalue weighted by Gasteiger charge is 2.20. The van der Waals surface area contributed by atoms with E-state index in [9.17, 15) is 0 Å². The molecular weight excluding hydrogens is 567 g/mol. The number of hydrogen-bond acceptors (Lipinski definition) is 2. The van der Waals surface area contributed by atoms with E-state index in [1.807, 2.05) is 12.1 Å². The topological polar surface area (TPSA) is 19.4 Å². The highest BCUT2D eigenvalue weighted by atomic mass is 127. The van der Waals surface area contributed by atoms with Crippen molar-refractivity contribution in [1.29, 1.82) is 0 Å². The molecule has 0 unspecified atom stereocenters. The molecule has 4 aromatic carbocycles. The molecule has 1 aliphatic carbocycles. The molecule has 0 spiro atoms. The van der Waals surface area contributed by atoms with Gasteiger partial charge in [0.2, 0.25) is 11.0 Å². The van der Waals surface area contributed by atoms with Crippen LogP contribution >= 0.6 is 22.6 Å². The van der Waals surface area contributed by atoms with Gasteiger partial charge in [0.05, 0.1) is 6.07 Å². The summed E-state index contributed by atoms with van der Waals surface area (Å²) in [7, 11) is 4.18. The Labute approximate surface area is 230 Å². The number of rotatable bonds is 4. The fraction of sp³-hybridized carbons (Fsp3) is 0.0606. The van der Waals surface area contributed by atoms with Crippen molar-refractivity contribution in [1.82, 2.24) is 4.58 Å². The Morgan fingerprint density at radius 2 is 1.38 bits per heavy atom. The first-order valence-electron chi connectivity index (χ1n) is 12.3. The van der Waals surface area contributed by atoms with Gasteiger partial charge in [-0.15, -0.1) is 0 Å². The van der Waals surface area contributed by atoms with Gasteiger partial charge in [0, 0.05) is 62.8 Å². The molecule has 2 aliphatic rings. The molecule has 0 radical (unpaired) electrons. The van der Waals surface area contributed by atoms with E-state index in [2.05, 4.69) is 155 Å². The molecule has 0 bridgehead atoms. The maximum atomic E-state index is 6.65. The molecule has 37 heavy (non-hydrogen) atoms. The summed E-state index contributed by atoms with van der Waals surface area (Å²) in [5.41, 5.74) is 7.71. The first-order chi connectivity index (χ1) is 18.1. The summed E-state index contributed by atoms with van der Waals surface area (Å²) in [6.07, 6.45) is 0. The van der Waals surface area contributed by atoms with Crippen molar-refractivity contribution in [2.75, 3.05) is 19.0 Å². The lowest BCUT2D eigenvalue weighted by Crippen LogP contribution is -2.21. The SMILES string of the molecule is CN(c1ccccc1)c1ccc2c(-c3ccccc3I)c3ccc(=[N+](C)c4ccccc4)cc-3oc2c1. The van der Waals surface area contributed by atoms with Crippen molar-refractivity contribution in [3.8, 4) is 22.5 Å². The van der Waals surface area contributed by atoms with Crippen molar-refractivity contribution >= 4 is 50.6 Å². The molecule has 180 valence electrons. The van der Waals surface area contributed by atoms with E-state index in [1.54, 1.807) is 0 Å². The van der Waals surface area contributed by atoms with Crippen molar-refractivity contribution < 1.29 is 4.42 Å². The standard InChI is InChI=1S/C33H26IN2O/c1-35(23-11-5-3-6-12-23)25-17-19-28-31(21-25)37-32-22-26(36(2)24-13-7-4-8-14-24)18-20-29(32)33(28)27-15-9-10-16-30(27)34/h3-22H,1-2H3/q+1. The maximum absolute atomic E-state index is 6.65. The zero-order valence-corrected chi connectivity index (χ0v) is 22.9. The van der Waals surface area contributed by atoms with E-state index in [4.69, 9.17) is 4.42 Å². The molecule has 0 saturated carbocycles. The third-order valence-electron chi connectivity index (χ3n) is 6.89. The summed E-state index contributed by atoms with van der Waals surface area (Å²) in [4.78, 5) is 2.19. The van der Waals surface area contributed by atoms with Crippen LogP contribution in [-0.2, 0) is 0 Å². The predicted molar refractivity (Wildman–Crippen MR) is 163 cm³/mol. The summed E-state index contributed by atoms with van der Waals surface area (Å²) in [5.74, 6) is 0.863. The number of nitrogens with zero attached hydrogens (tertiary/aromatic N) is 2. The van der Waals surface area contributed by atoms with Gasteiger partial charge in [0.1, 0.15) is 18.4 Å². The quantitative estimate of drug-likeness (QED) is 0.116. The number of fused-ring (bicyclic) bond motifs is 2. The summed E-state index contributed by atoms with van der Waals surface area (Å²) < 4.78 is 10.0. The van der Waals surface area contributed by atoms with Crippen LogP contribution < -0.4 is 14.8 Å². The Balaban J connectivity index is 1.63. The molecule has 1 aliphatic heterocycles. The number of benzene rings is 5. The fourth-order valence-corrected chi connectivity index (χ4v) is 5.50. The van der Waals surface area contributed by atoms with E-state index in [0.717, 1.165) is 44.7 Å². The first-order valence-corrected chi connectivity index (χ1v) is 13.3. The molecule has 0 atom stereocenters. The normalized spacial score (nSPS) is 12.1. The molecular formula is C33H26IN2O+. The molecule has 0 fully saturated rings. The first kappa shape index (κ1) is 23.5. The molecule has 0 saturated heterocycles. The Kier molecular flexibility index (Phi) is 6.26. The van der Waals surface area contributed by atoms with Crippen LogP contribution in [0.5, 0.6) is 0 Å². The van der Waals surface area contributed by atoms with E-state index < -0.39 is 0 Å². The molecule has 4 aromatic rings. The smallest absolute Gasteiger partial charge is 0.209 e. The van der Waals surface area contributed by atoms with Gasteiger partial charge >= 0.3 is 0 Å². The average Bonchev–Trinajstić information content (AvgIpc) is 2.96. The summed E-state index contributed by atoms with van der Waals surface area (Å²) >= 11 is 2.43. The lowest BCUT2D eigenvalue weighted by Gasteiger charge is -2.21. The number of para-hydroxylation sites is 2. The lowest BCUT2D eigenvalue weighted by molar-refractivity contribution is 0.618. The molecule has 3 nitrogen and oxygen atoms in total. The zero-order chi connectivity index (χ0) is 25.4. The van der Waals surface area contributed by atoms with Gasteiger partial charge in [0.15, 0.2) is 0 Å². The Bertz CT molecular complexity index is 1760. The number of hydrogen-bond donors (Lipinski definition) is 0. The van der Waals surface area contributed by atoms with Gasteiger partial charge < -0.3 is 9.32 Å². The fourth-order valence-electron chi connectivity index (χ4n) is 4.84. The van der Waals surface area contributed by atoms with Crippen molar-refractivity contribution in [3.63, 3.8) is 0 Å². The van der Waals surface area contributed by atoms with Crippen molar-refractivity contribution in [3.05, 3.63) is 130 Å². The predicted octanol–water partition coefficient (Wildman–Crippen LogP) is 8.31. The van der Waals surface area contributed by atoms with Gasteiger partial charge in [0.25, 0.3) is 0 Å². The molecule has 0 aromatic heterocycles. The van der Waals surface area contributed by atoms with Crippen LogP contribution in [-0.4, -0.2) is 14.1 Å². The summed E-state index contributed by atoms with van der Waals surface area (Å²) in [5, 5.41) is 2.18. The minimum Gasteiger partial charge on any atom is -0.456 e. The number of halogens is 1. The van der Waals surface area contributed by atoms with E-state index in [-0.39, 0.29) is 0 Å². The van der Waals surface area contributed by atoms with Crippen LogP contribution in [0.3, 0.4) is 0 Å². The largest absolute Gasteiger partial charge is 0.456 e. The summed E-state index contributed by atoms with van der Waals surface area (Å²) in [6.45, 7) is 0. The van der Waals surface area contributed by atoms with Gasteiger partial charge in [-0.2, -0.15) is 4.58 Å². The van der Waals surface area contributed by atoms with Crippen molar-refractivity contribution in [2.24, 2.45) is 0 Å². The molecule has 4 heteroatoms. The van der Waals surface area contributed by atoms with Crippen molar-refractivity contribution in [2.45, 2.75) is 0 Å². The Hall–Kier alpha value is -3.90. The second-order valence-corrected chi connectivity index (χ2v) is 10.3. The van der Waals surface area contributed by atoms with E-state index >= 15 is 0 Å². The van der Waals surface area contributed by atoms with Gasteiger partial charge in [-0.05, 0) is 64.6 Å². The van der Waals surface area contributed by atoms with Crippen LogP contribution in [0.1, 0.15) is 0 Å².